The normalized spacial score (nSPS) is 17.1. The molecule has 1 aliphatic rings. The highest BCUT2D eigenvalue weighted by Crippen LogP contribution is 2.26. The van der Waals surface area contributed by atoms with E-state index < -0.39 is 0 Å². The number of carbonyl (C=O) groups excluding carboxylic acids is 1. The third-order valence-corrected chi connectivity index (χ3v) is 4.00. The number of hydrogen-bond donors (Lipinski definition) is 2. The quantitative estimate of drug-likeness (QED) is 0.898. The summed E-state index contributed by atoms with van der Waals surface area (Å²) in [6.45, 7) is 2.47. The van der Waals surface area contributed by atoms with Crippen LogP contribution in [-0.4, -0.2) is 16.9 Å². The summed E-state index contributed by atoms with van der Waals surface area (Å²) >= 11 is 0. The summed E-state index contributed by atoms with van der Waals surface area (Å²) in [5.41, 5.74) is 6.94. The van der Waals surface area contributed by atoms with Crippen LogP contribution in [0.1, 0.15) is 55.1 Å². The molecule has 0 aromatic carbocycles. The topological polar surface area (TPSA) is 68.0 Å². The van der Waals surface area contributed by atoms with Gasteiger partial charge >= 0.3 is 0 Å². The van der Waals surface area contributed by atoms with E-state index in [2.05, 4.69) is 17.2 Å². The lowest BCUT2D eigenvalue weighted by molar-refractivity contribution is 0.0919. The predicted octanol–water partition coefficient (Wildman–Crippen LogP) is 2.66. The van der Waals surface area contributed by atoms with Crippen LogP contribution in [-0.2, 0) is 6.54 Å². The zero-order valence-electron chi connectivity index (χ0n) is 12.0. The molecule has 112 valence electrons. The van der Waals surface area contributed by atoms with Crippen molar-refractivity contribution in [2.75, 3.05) is 0 Å². The van der Waals surface area contributed by atoms with Crippen LogP contribution in [0.4, 0.5) is 0 Å². The van der Waals surface area contributed by atoms with Crippen molar-refractivity contribution in [1.82, 2.24) is 10.3 Å². The number of carbonyl (C=O) groups is 1. The van der Waals surface area contributed by atoms with Gasteiger partial charge in [0.25, 0.3) is 5.91 Å². The summed E-state index contributed by atoms with van der Waals surface area (Å²) in [6.07, 6.45) is 8.01. The monoisotopic (exact) mass is 297 g/mol. The fourth-order valence-corrected chi connectivity index (χ4v) is 2.77. The van der Waals surface area contributed by atoms with Gasteiger partial charge in [-0.1, -0.05) is 19.3 Å². The summed E-state index contributed by atoms with van der Waals surface area (Å²) in [4.78, 5) is 16.3. The number of aromatic nitrogens is 1. The second-order valence-electron chi connectivity index (χ2n) is 5.40. The van der Waals surface area contributed by atoms with Gasteiger partial charge in [-0.3, -0.25) is 9.78 Å². The van der Waals surface area contributed by atoms with E-state index in [0.29, 0.717) is 18.0 Å². The fourth-order valence-electron chi connectivity index (χ4n) is 2.77. The van der Waals surface area contributed by atoms with Crippen LogP contribution in [0.15, 0.2) is 18.3 Å². The van der Waals surface area contributed by atoms with Crippen LogP contribution >= 0.6 is 12.4 Å². The van der Waals surface area contributed by atoms with E-state index in [-0.39, 0.29) is 24.4 Å². The molecule has 0 spiro atoms. The fraction of sp³-hybridized carbons (Fsp3) is 0.600. The molecule has 1 aromatic rings. The molecule has 20 heavy (non-hydrogen) atoms. The van der Waals surface area contributed by atoms with Crippen molar-refractivity contribution in [2.45, 2.75) is 51.6 Å². The number of pyridine rings is 1. The first kappa shape index (κ1) is 16.9. The number of nitrogens with one attached hydrogen (secondary N) is 1. The molecule has 0 saturated heterocycles. The second kappa shape index (κ2) is 8.22. The third-order valence-electron chi connectivity index (χ3n) is 4.00. The average Bonchev–Trinajstić information content (AvgIpc) is 2.48. The minimum absolute atomic E-state index is 0. The summed E-state index contributed by atoms with van der Waals surface area (Å²) in [6, 6.07) is 3.74. The molecule has 1 unspecified atom stereocenters. The van der Waals surface area contributed by atoms with Crippen molar-refractivity contribution in [3.8, 4) is 0 Å². The lowest BCUT2D eigenvalue weighted by Crippen LogP contribution is -2.38. The highest BCUT2D eigenvalue weighted by Gasteiger charge is 2.21. The molecular weight excluding hydrogens is 274 g/mol. The highest BCUT2D eigenvalue weighted by atomic mass is 35.5. The zero-order chi connectivity index (χ0) is 13.7. The molecule has 1 saturated carbocycles. The zero-order valence-corrected chi connectivity index (χ0v) is 12.8. The van der Waals surface area contributed by atoms with Crippen LogP contribution in [0.25, 0.3) is 0 Å². The van der Waals surface area contributed by atoms with E-state index in [1.807, 2.05) is 0 Å². The van der Waals surface area contributed by atoms with Crippen molar-refractivity contribution < 1.29 is 4.79 Å². The standard InChI is InChI=1S/C15H23N3O.ClH/c1-11(12-5-3-2-4-6-12)18-15(19)13-7-8-17-14(9-13)10-16;/h7-9,11-12H,2-6,10,16H2,1H3,(H,18,19);1H. The van der Waals surface area contributed by atoms with Crippen LogP contribution in [0.5, 0.6) is 0 Å². The van der Waals surface area contributed by atoms with Gasteiger partial charge in [0.15, 0.2) is 0 Å². The second-order valence-corrected chi connectivity index (χ2v) is 5.40. The van der Waals surface area contributed by atoms with E-state index in [1.54, 1.807) is 18.3 Å². The Morgan fingerprint density at radius 1 is 1.45 bits per heavy atom. The van der Waals surface area contributed by atoms with Crippen molar-refractivity contribution in [1.29, 1.82) is 0 Å². The Morgan fingerprint density at radius 2 is 2.15 bits per heavy atom. The molecule has 5 heteroatoms. The number of amides is 1. The maximum absolute atomic E-state index is 12.2. The first-order valence-corrected chi connectivity index (χ1v) is 7.16. The molecule has 1 atom stereocenters. The van der Waals surface area contributed by atoms with Crippen molar-refractivity contribution >= 4 is 18.3 Å². The molecule has 1 aliphatic carbocycles. The summed E-state index contributed by atoms with van der Waals surface area (Å²) in [5, 5.41) is 3.11. The van der Waals surface area contributed by atoms with Crippen LogP contribution in [0, 0.1) is 5.92 Å². The van der Waals surface area contributed by atoms with Crippen LogP contribution < -0.4 is 11.1 Å². The van der Waals surface area contributed by atoms with Crippen molar-refractivity contribution in [2.24, 2.45) is 11.7 Å². The smallest absolute Gasteiger partial charge is 0.251 e. The van der Waals surface area contributed by atoms with E-state index >= 15 is 0 Å². The number of halogens is 1. The first-order chi connectivity index (χ1) is 9.20. The number of hydrogen-bond acceptors (Lipinski definition) is 3. The summed E-state index contributed by atoms with van der Waals surface area (Å²) in [5.74, 6) is 0.601. The maximum atomic E-state index is 12.2. The predicted molar refractivity (Wildman–Crippen MR) is 82.9 cm³/mol. The first-order valence-electron chi connectivity index (χ1n) is 7.16. The average molecular weight is 298 g/mol. The van der Waals surface area contributed by atoms with Gasteiger partial charge in [-0.05, 0) is 37.8 Å². The molecule has 0 radical (unpaired) electrons. The van der Waals surface area contributed by atoms with Crippen molar-refractivity contribution in [3.05, 3.63) is 29.6 Å². The molecule has 1 fully saturated rings. The van der Waals surface area contributed by atoms with Gasteiger partial charge in [-0.2, -0.15) is 0 Å². The Balaban J connectivity index is 0.00000200. The minimum atomic E-state index is -0.0184. The van der Waals surface area contributed by atoms with E-state index in [0.717, 1.165) is 5.69 Å². The Hall–Kier alpha value is -1.13. The molecule has 1 heterocycles. The molecule has 1 amide bonds. The van der Waals surface area contributed by atoms with Gasteiger partial charge in [0.05, 0.1) is 5.69 Å². The molecule has 2 rings (SSSR count). The number of nitrogens with two attached hydrogens (primary N) is 1. The summed E-state index contributed by atoms with van der Waals surface area (Å²) in [7, 11) is 0. The van der Waals surface area contributed by atoms with Gasteiger partial charge < -0.3 is 11.1 Å². The molecule has 3 N–H and O–H groups in total. The van der Waals surface area contributed by atoms with Gasteiger partial charge in [0.1, 0.15) is 0 Å². The third kappa shape index (κ3) is 4.46. The minimum Gasteiger partial charge on any atom is -0.349 e. The SMILES string of the molecule is CC(NC(=O)c1ccnc(CN)c1)C1CCCCC1.Cl. The highest BCUT2D eigenvalue weighted by molar-refractivity contribution is 5.94. The lowest BCUT2D eigenvalue weighted by atomic mass is 9.84. The van der Waals surface area contributed by atoms with E-state index in [1.165, 1.54) is 32.1 Å². The van der Waals surface area contributed by atoms with E-state index in [9.17, 15) is 4.79 Å². The number of nitrogens with zero attached hydrogens (tertiary/aromatic N) is 1. The Kier molecular flexibility index (Phi) is 6.96. The Morgan fingerprint density at radius 3 is 2.80 bits per heavy atom. The van der Waals surface area contributed by atoms with E-state index in [4.69, 9.17) is 5.73 Å². The van der Waals surface area contributed by atoms with Crippen LogP contribution in [0.2, 0.25) is 0 Å². The molecular formula is C15H24ClN3O. The molecule has 0 bridgehead atoms. The maximum Gasteiger partial charge on any atom is 0.251 e. The Bertz CT molecular complexity index is 433. The molecule has 0 aliphatic heterocycles. The van der Waals surface area contributed by atoms with Gasteiger partial charge in [-0.15, -0.1) is 12.4 Å². The van der Waals surface area contributed by atoms with Gasteiger partial charge in [0, 0.05) is 24.3 Å². The largest absolute Gasteiger partial charge is 0.349 e. The lowest BCUT2D eigenvalue weighted by Gasteiger charge is -2.28. The Labute approximate surface area is 126 Å². The van der Waals surface area contributed by atoms with Gasteiger partial charge in [0.2, 0.25) is 0 Å². The van der Waals surface area contributed by atoms with Gasteiger partial charge in [-0.25, -0.2) is 0 Å². The van der Waals surface area contributed by atoms with Crippen LogP contribution in [0.3, 0.4) is 0 Å². The summed E-state index contributed by atoms with van der Waals surface area (Å²) < 4.78 is 0. The van der Waals surface area contributed by atoms with Crippen molar-refractivity contribution in [3.63, 3.8) is 0 Å². The molecule has 4 nitrogen and oxygen atoms in total. The number of rotatable bonds is 4. The molecule has 1 aromatic heterocycles.